The van der Waals surface area contributed by atoms with Crippen LogP contribution in [-0.4, -0.2) is 48.6 Å². The van der Waals surface area contributed by atoms with Gasteiger partial charge in [-0.2, -0.15) is 0 Å². The minimum atomic E-state index is -0.00716. The first-order valence-corrected chi connectivity index (χ1v) is 11.0. The predicted molar refractivity (Wildman–Crippen MR) is 121 cm³/mol. The molecule has 1 amide bonds. The van der Waals surface area contributed by atoms with E-state index in [-0.39, 0.29) is 5.91 Å². The standard InChI is InChI=1S/C23H29N3O2S/c1-5-25(6-2)15-16-26(22(27)18-12-9-8-11-17(18)4)23-24-21-19(28-7-3)13-10-14-20(21)29-23/h8-14H,5-7,15-16H2,1-4H3. The van der Waals surface area contributed by atoms with E-state index in [0.717, 1.165) is 46.7 Å². The molecule has 0 unspecified atom stereocenters. The fourth-order valence-corrected chi connectivity index (χ4v) is 4.33. The summed E-state index contributed by atoms with van der Waals surface area (Å²) < 4.78 is 6.77. The first-order valence-electron chi connectivity index (χ1n) is 10.2. The summed E-state index contributed by atoms with van der Waals surface area (Å²) in [6, 6.07) is 13.7. The highest BCUT2D eigenvalue weighted by molar-refractivity contribution is 7.22. The second-order valence-electron chi connectivity index (χ2n) is 6.83. The predicted octanol–water partition coefficient (Wildman–Crippen LogP) is 4.99. The zero-order chi connectivity index (χ0) is 20.8. The molecule has 6 heteroatoms. The highest BCUT2D eigenvalue weighted by atomic mass is 32.1. The Hall–Kier alpha value is -2.44. The fourth-order valence-electron chi connectivity index (χ4n) is 3.32. The SMILES string of the molecule is CCOc1cccc2sc(N(CCN(CC)CC)C(=O)c3ccccc3C)nc12. The van der Waals surface area contributed by atoms with Crippen LogP contribution in [0.5, 0.6) is 5.75 Å². The van der Waals surface area contributed by atoms with E-state index in [1.54, 1.807) is 0 Å². The van der Waals surface area contributed by atoms with Crippen molar-refractivity contribution in [2.24, 2.45) is 0 Å². The Morgan fingerprint density at radius 2 is 1.79 bits per heavy atom. The molecule has 0 radical (unpaired) electrons. The number of aromatic nitrogens is 1. The maximum absolute atomic E-state index is 13.5. The number of para-hydroxylation sites is 1. The largest absolute Gasteiger partial charge is 0.492 e. The summed E-state index contributed by atoms with van der Waals surface area (Å²) in [5.74, 6) is 0.756. The average Bonchev–Trinajstić information content (AvgIpc) is 3.16. The molecule has 5 nitrogen and oxygen atoms in total. The lowest BCUT2D eigenvalue weighted by atomic mass is 10.1. The van der Waals surface area contributed by atoms with E-state index in [2.05, 4.69) is 18.7 Å². The Bertz CT molecular complexity index is 966. The van der Waals surface area contributed by atoms with Crippen LogP contribution < -0.4 is 9.64 Å². The van der Waals surface area contributed by atoms with Crippen molar-refractivity contribution in [3.63, 3.8) is 0 Å². The summed E-state index contributed by atoms with van der Waals surface area (Å²) in [5.41, 5.74) is 2.51. The summed E-state index contributed by atoms with van der Waals surface area (Å²) in [5, 5.41) is 0.715. The zero-order valence-electron chi connectivity index (χ0n) is 17.6. The van der Waals surface area contributed by atoms with E-state index >= 15 is 0 Å². The highest BCUT2D eigenvalue weighted by Gasteiger charge is 2.23. The molecule has 0 N–H and O–H groups in total. The minimum absolute atomic E-state index is 0.00716. The van der Waals surface area contributed by atoms with E-state index in [1.165, 1.54) is 11.3 Å². The van der Waals surface area contributed by atoms with Crippen molar-refractivity contribution < 1.29 is 9.53 Å². The molecule has 3 rings (SSSR count). The molecule has 29 heavy (non-hydrogen) atoms. The topological polar surface area (TPSA) is 45.7 Å². The number of likely N-dealkylation sites (N-methyl/N-ethyl adjacent to an activating group) is 1. The lowest BCUT2D eigenvalue weighted by Gasteiger charge is -2.25. The molecule has 2 aromatic carbocycles. The third-order valence-corrected chi connectivity index (χ3v) is 6.10. The van der Waals surface area contributed by atoms with Gasteiger partial charge >= 0.3 is 0 Å². The lowest BCUT2D eigenvalue weighted by molar-refractivity contribution is 0.0983. The van der Waals surface area contributed by atoms with Crippen molar-refractivity contribution in [2.75, 3.05) is 37.7 Å². The number of carbonyl (C=O) groups excluding carboxylic acids is 1. The minimum Gasteiger partial charge on any atom is -0.492 e. The van der Waals surface area contributed by atoms with Crippen LogP contribution in [0.3, 0.4) is 0 Å². The molecule has 0 atom stereocenters. The van der Waals surface area contributed by atoms with Gasteiger partial charge in [0.15, 0.2) is 5.13 Å². The smallest absolute Gasteiger partial charge is 0.260 e. The first-order chi connectivity index (χ1) is 14.1. The molecule has 154 valence electrons. The van der Waals surface area contributed by atoms with Crippen LogP contribution in [0.4, 0.5) is 5.13 Å². The normalized spacial score (nSPS) is 11.2. The van der Waals surface area contributed by atoms with Crippen molar-refractivity contribution in [2.45, 2.75) is 27.7 Å². The van der Waals surface area contributed by atoms with Gasteiger partial charge in [0.25, 0.3) is 5.91 Å². The molecule has 0 aliphatic rings. The summed E-state index contributed by atoms with van der Waals surface area (Å²) >= 11 is 1.54. The van der Waals surface area contributed by atoms with Crippen molar-refractivity contribution >= 4 is 32.6 Å². The summed E-state index contributed by atoms with van der Waals surface area (Å²) in [6.45, 7) is 12.1. The van der Waals surface area contributed by atoms with Gasteiger partial charge in [-0.25, -0.2) is 4.98 Å². The van der Waals surface area contributed by atoms with Gasteiger partial charge in [0.2, 0.25) is 0 Å². The van der Waals surface area contributed by atoms with Crippen LogP contribution in [0.2, 0.25) is 0 Å². The Balaban J connectivity index is 2.00. The van der Waals surface area contributed by atoms with Crippen LogP contribution >= 0.6 is 11.3 Å². The monoisotopic (exact) mass is 411 g/mol. The van der Waals surface area contributed by atoms with E-state index in [1.807, 2.05) is 61.2 Å². The van der Waals surface area contributed by atoms with Crippen molar-refractivity contribution in [3.8, 4) is 5.75 Å². The molecule has 0 aliphatic heterocycles. The Kier molecular flexibility index (Phi) is 7.23. The number of rotatable bonds is 9. The van der Waals surface area contributed by atoms with E-state index in [0.29, 0.717) is 18.3 Å². The summed E-state index contributed by atoms with van der Waals surface area (Å²) in [6.07, 6.45) is 0. The van der Waals surface area contributed by atoms with Gasteiger partial charge in [-0.1, -0.05) is 49.4 Å². The average molecular weight is 412 g/mol. The fraction of sp³-hybridized carbons (Fsp3) is 0.391. The van der Waals surface area contributed by atoms with Gasteiger partial charge in [0.05, 0.1) is 11.3 Å². The number of anilines is 1. The Morgan fingerprint density at radius 3 is 2.48 bits per heavy atom. The van der Waals surface area contributed by atoms with Crippen LogP contribution in [0.1, 0.15) is 36.7 Å². The molecule has 0 fully saturated rings. The number of ether oxygens (including phenoxy) is 1. The van der Waals surface area contributed by atoms with Crippen LogP contribution in [0, 0.1) is 6.92 Å². The van der Waals surface area contributed by atoms with Crippen LogP contribution in [-0.2, 0) is 0 Å². The maximum atomic E-state index is 13.5. The second-order valence-corrected chi connectivity index (χ2v) is 7.84. The maximum Gasteiger partial charge on any atom is 0.260 e. The van der Waals surface area contributed by atoms with Gasteiger partial charge in [-0.05, 0) is 50.7 Å². The zero-order valence-corrected chi connectivity index (χ0v) is 18.5. The number of amides is 1. The summed E-state index contributed by atoms with van der Waals surface area (Å²) in [7, 11) is 0. The van der Waals surface area contributed by atoms with Crippen molar-refractivity contribution in [1.82, 2.24) is 9.88 Å². The molecular weight excluding hydrogens is 382 g/mol. The van der Waals surface area contributed by atoms with E-state index in [4.69, 9.17) is 9.72 Å². The number of hydrogen-bond acceptors (Lipinski definition) is 5. The number of thiazole rings is 1. The van der Waals surface area contributed by atoms with Crippen LogP contribution in [0.25, 0.3) is 10.2 Å². The molecular formula is C23H29N3O2S. The third-order valence-electron chi connectivity index (χ3n) is 5.06. The number of aryl methyl sites for hydroxylation is 1. The van der Waals surface area contributed by atoms with Gasteiger partial charge in [-0.15, -0.1) is 0 Å². The number of benzene rings is 2. The van der Waals surface area contributed by atoms with E-state index in [9.17, 15) is 4.79 Å². The van der Waals surface area contributed by atoms with E-state index < -0.39 is 0 Å². The molecule has 0 aliphatic carbocycles. The third kappa shape index (κ3) is 4.77. The second kappa shape index (κ2) is 9.85. The molecule has 1 aromatic heterocycles. The Morgan fingerprint density at radius 1 is 1.03 bits per heavy atom. The van der Waals surface area contributed by atoms with Gasteiger partial charge < -0.3 is 9.64 Å². The lowest BCUT2D eigenvalue weighted by Crippen LogP contribution is -2.39. The van der Waals surface area contributed by atoms with Crippen LogP contribution in [0.15, 0.2) is 42.5 Å². The number of carbonyl (C=O) groups is 1. The number of hydrogen-bond donors (Lipinski definition) is 0. The number of nitrogens with zero attached hydrogens (tertiary/aromatic N) is 3. The molecule has 0 saturated carbocycles. The molecule has 0 bridgehead atoms. The highest BCUT2D eigenvalue weighted by Crippen LogP contribution is 2.35. The van der Waals surface area contributed by atoms with Crippen molar-refractivity contribution in [1.29, 1.82) is 0 Å². The number of fused-ring (bicyclic) bond motifs is 1. The van der Waals surface area contributed by atoms with Gasteiger partial charge in [0.1, 0.15) is 11.3 Å². The first kappa shape index (κ1) is 21.3. The van der Waals surface area contributed by atoms with Gasteiger partial charge in [0, 0.05) is 18.7 Å². The van der Waals surface area contributed by atoms with Crippen molar-refractivity contribution in [3.05, 3.63) is 53.6 Å². The molecule has 1 heterocycles. The molecule has 3 aromatic rings. The molecule has 0 spiro atoms. The summed E-state index contributed by atoms with van der Waals surface area (Å²) in [4.78, 5) is 22.4. The molecule has 0 saturated heterocycles. The Labute approximate surface area is 176 Å². The quantitative estimate of drug-likeness (QED) is 0.497. The van der Waals surface area contributed by atoms with Gasteiger partial charge in [-0.3, -0.25) is 9.69 Å².